The molecular formula is C65H44N4O. The van der Waals surface area contributed by atoms with Crippen molar-refractivity contribution in [3.8, 4) is 44.8 Å². The molecule has 5 nitrogen and oxygen atoms in total. The van der Waals surface area contributed by atoms with Crippen LogP contribution in [0.2, 0.25) is 0 Å². The zero-order valence-corrected chi connectivity index (χ0v) is 38.4. The van der Waals surface area contributed by atoms with Crippen LogP contribution < -0.4 is 0 Å². The Morgan fingerprint density at radius 2 is 1.00 bits per heavy atom. The van der Waals surface area contributed by atoms with Gasteiger partial charge in [0.2, 0.25) is 0 Å². The van der Waals surface area contributed by atoms with Crippen molar-refractivity contribution in [3.05, 3.63) is 255 Å². The second kappa shape index (κ2) is 16.8. The Morgan fingerprint density at radius 3 is 1.74 bits per heavy atom. The quantitative estimate of drug-likeness (QED) is 0.136. The van der Waals surface area contributed by atoms with E-state index in [1.165, 1.54) is 32.7 Å². The number of pyridine rings is 2. The molecule has 0 aliphatic carbocycles. The number of para-hydroxylation sites is 2. The Kier molecular flexibility index (Phi) is 9.80. The zero-order valence-electron chi connectivity index (χ0n) is 38.4. The maximum atomic E-state index is 6.54. The van der Waals surface area contributed by atoms with Crippen LogP contribution in [0.25, 0.3) is 121 Å². The summed E-state index contributed by atoms with van der Waals surface area (Å²) in [6, 6.07) is 69.7. The summed E-state index contributed by atoms with van der Waals surface area (Å²) in [6.45, 7) is 6.59. The number of furan rings is 1. The number of benzene rings is 8. The van der Waals surface area contributed by atoms with Gasteiger partial charge in [0.15, 0.2) is 0 Å². The van der Waals surface area contributed by atoms with Gasteiger partial charge in [-0.3, -0.25) is 9.97 Å². The van der Waals surface area contributed by atoms with Gasteiger partial charge in [-0.1, -0.05) is 116 Å². The molecule has 0 aliphatic rings. The van der Waals surface area contributed by atoms with Gasteiger partial charge in [0.1, 0.15) is 11.2 Å². The summed E-state index contributed by atoms with van der Waals surface area (Å²) < 4.78 is 11.3. The largest absolute Gasteiger partial charge is 0.456 e. The number of nitrogens with zero attached hydrogens (tertiary/aromatic N) is 4. The highest BCUT2D eigenvalue weighted by Gasteiger charge is 2.18. The minimum absolute atomic E-state index is 0.860. The summed E-state index contributed by atoms with van der Waals surface area (Å²) in [5, 5.41) is 6.93. The van der Waals surface area contributed by atoms with Gasteiger partial charge in [0.25, 0.3) is 0 Å². The molecule has 0 bridgehead atoms. The fraction of sp³-hybridized carbons (Fsp3) is 0.0154. The van der Waals surface area contributed by atoms with Crippen LogP contribution in [0.15, 0.2) is 248 Å². The van der Waals surface area contributed by atoms with Crippen LogP contribution in [-0.2, 0) is 0 Å². The molecule has 5 heterocycles. The predicted octanol–water partition coefficient (Wildman–Crippen LogP) is 17.2. The second-order valence-electron chi connectivity index (χ2n) is 18.0. The topological polar surface area (TPSA) is 48.8 Å². The molecule has 13 aromatic rings. The van der Waals surface area contributed by atoms with Gasteiger partial charge >= 0.3 is 0 Å². The first-order valence-electron chi connectivity index (χ1n) is 23.6. The van der Waals surface area contributed by atoms with Crippen molar-refractivity contribution in [3.63, 3.8) is 0 Å². The molecule has 0 saturated carbocycles. The maximum absolute atomic E-state index is 6.54. The molecular weight excluding hydrogens is 853 g/mol. The smallest absolute Gasteiger partial charge is 0.135 e. The molecule has 0 fully saturated rings. The molecule has 0 unspecified atom stereocenters. The maximum Gasteiger partial charge on any atom is 0.135 e. The summed E-state index contributed by atoms with van der Waals surface area (Å²) in [6.07, 6.45) is 13.7. The van der Waals surface area contributed by atoms with Crippen LogP contribution in [-0.4, -0.2) is 19.1 Å². The van der Waals surface area contributed by atoms with Gasteiger partial charge in [0.05, 0.1) is 22.1 Å². The van der Waals surface area contributed by atoms with Crippen LogP contribution in [0.5, 0.6) is 0 Å². The molecule has 5 heteroatoms. The van der Waals surface area contributed by atoms with Gasteiger partial charge in [-0.05, 0) is 160 Å². The predicted molar refractivity (Wildman–Crippen MR) is 293 cm³/mol. The van der Waals surface area contributed by atoms with E-state index in [0.717, 1.165) is 99.9 Å². The Hall–Kier alpha value is -9.32. The van der Waals surface area contributed by atoms with Crippen LogP contribution in [0.3, 0.4) is 0 Å². The summed E-state index contributed by atoms with van der Waals surface area (Å²) in [5.74, 6) is 0. The van der Waals surface area contributed by atoms with Crippen molar-refractivity contribution in [2.45, 2.75) is 6.92 Å². The number of hydrogen-bond donors (Lipinski definition) is 0. The van der Waals surface area contributed by atoms with E-state index in [2.05, 4.69) is 233 Å². The highest BCUT2D eigenvalue weighted by Crippen LogP contribution is 2.41. The van der Waals surface area contributed by atoms with E-state index in [0.29, 0.717) is 0 Å². The number of fused-ring (bicyclic) bond motifs is 9. The van der Waals surface area contributed by atoms with Crippen molar-refractivity contribution >= 4 is 76.7 Å². The molecule has 0 aliphatic heterocycles. The van der Waals surface area contributed by atoms with Crippen molar-refractivity contribution in [1.82, 2.24) is 19.1 Å². The third-order valence-corrected chi connectivity index (χ3v) is 13.8. The van der Waals surface area contributed by atoms with Crippen LogP contribution in [0.1, 0.15) is 18.1 Å². The molecule has 70 heavy (non-hydrogen) atoms. The lowest BCUT2D eigenvalue weighted by atomic mass is 9.98. The standard InChI is InChI=1S/C65H44N4O/c1-42(12-8-13-43(2)50-16-10-32-66-40-50)44-22-27-62-56(35-44)57-37-48(24-29-63(57)68(62)52-18-4-3-5-19-52)49-25-30-64-58(38-49)59-39-53(26-31-65(59)70-64)69-60-21-7-6-20-54(60)55-36-47(23-28-61(55)69)45-14-9-15-46(34-45)51-17-11-33-67-41-51/h3-41H,1H2,2H3/b12-8-,43-13+. The van der Waals surface area contributed by atoms with Gasteiger partial charge in [0, 0.05) is 74.0 Å². The molecule has 0 radical (unpaired) electrons. The number of allylic oxidation sites excluding steroid dienone is 5. The lowest BCUT2D eigenvalue weighted by molar-refractivity contribution is 0.669. The SMILES string of the molecule is C=C(/C=C\C=C(/C)c1cccnc1)c1ccc2c(c1)c1cc(-c3ccc4oc5ccc(-n6c7ccccc7c7cc(-c8cccc(-c9cccnc9)c8)ccc76)cc5c4c3)ccc1n2-c1ccccc1. The first-order valence-corrected chi connectivity index (χ1v) is 23.6. The normalized spacial score (nSPS) is 12.2. The first kappa shape index (κ1) is 40.9. The number of rotatable bonds is 9. The average molecular weight is 897 g/mol. The van der Waals surface area contributed by atoms with Gasteiger partial charge in [-0.2, -0.15) is 0 Å². The second-order valence-corrected chi connectivity index (χ2v) is 18.0. The third-order valence-electron chi connectivity index (χ3n) is 13.8. The fourth-order valence-electron chi connectivity index (χ4n) is 10.3. The summed E-state index contributed by atoms with van der Waals surface area (Å²) in [4.78, 5) is 8.63. The third kappa shape index (κ3) is 7.03. The van der Waals surface area contributed by atoms with E-state index in [-0.39, 0.29) is 0 Å². The first-order chi connectivity index (χ1) is 34.5. The average Bonchev–Trinajstić information content (AvgIpc) is 4.08. The van der Waals surface area contributed by atoms with Gasteiger partial charge < -0.3 is 13.6 Å². The molecule has 0 spiro atoms. The minimum atomic E-state index is 0.860. The van der Waals surface area contributed by atoms with Crippen molar-refractivity contribution < 1.29 is 4.42 Å². The molecule has 13 rings (SSSR count). The van der Waals surface area contributed by atoms with Gasteiger partial charge in [-0.15, -0.1) is 0 Å². The van der Waals surface area contributed by atoms with Crippen molar-refractivity contribution in [2.24, 2.45) is 0 Å². The molecule has 0 atom stereocenters. The van der Waals surface area contributed by atoms with Gasteiger partial charge in [-0.25, -0.2) is 0 Å². The van der Waals surface area contributed by atoms with E-state index in [1.807, 2.05) is 30.7 Å². The molecule has 0 saturated heterocycles. The van der Waals surface area contributed by atoms with Crippen molar-refractivity contribution in [1.29, 1.82) is 0 Å². The lowest BCUT2D eigenvalue weighted by Gasteiger charge is -2.09. The molecule has 5 aromatic heterocycles. The van der Waals surface area contributed by atoms with E-state index in [1.54, 1.807) is 6.20 Å². The monoisotopic (exact) mass is 896 g/mol. The Morgan fingerprint density at radius 1 is 0.429 bits per heavy atom. The summed E-state index contributed by atoms with van der Waals surface area (Å²) in [7, 11) is 0. The Balaban J connectivity index is 0.895. The number of aromatic nitrogens is 4. The Labute approximate surface area is 404 Å². The van der Waals surface area contributed by atoms with E-state index in [4.69, 9.17) is 4.42 Å². The summed E-state index contributed by atoms with van der Waals surface area (Å²) >= 11 is 0. The van der Waals surface area contributed by atoms with E-state index in [9.17, 15) is 0 Å². The minimum Gasteiger partial charge on any atom is -0.456 e. The molecule has 330 valence electrons. The molecule has 8 aromatic carbocycles. The molecule has 0 N–H and O–H groups in total. The zero-order chi connectivity index (χ0) is 46.7. The van der Waals surface area contributed by atoms with E-state index < -0.39 is 0 Å². The van der Waals surface area contributed by atoms with Crippen LogP contribution >= 0.6 is 0 Å². The van der Waals surface area contributed by atoms with Crippen LogP contribution in [0, 0.1) is 0 Å². The Bertz CT molecular complexity index is 4250. The highest BCUT2D eigenvalue weighted by molar-refractivity contribution is 6.14. The lowest BCUT2D eigenvalue weighted by Crippen LogP contribution is -1.93. The van der Waals surface area contributed by atoms with Crippen molar-refractivity contribution in [2.75, 3.05) is 0 Å². The number of hydrogen-bond acceptors (Lipinski definition) is 3. The highest BCUT2D eigenvalue weighted by atomic mass is 16.3. The van der Waals surface area contributed by atoms with Crippen LogP contribution in [0.4, 0.5) is 0 Å². The van der Waals surface area contributed by atoms with E-state index >= 15 is 0 Å². The summed E-state index contributed by atoms with van der Waals surface area (Å²) in [5.41, 5.74) is 19.6. The fourth-order valence-corrected chi connectivity index (χ4v) is 10.3. The molecule has 0 amide bonds.